The molecule has 1 aliphatic heterocycles. The standard InChI is InChI=1S/C19H23N5S/c1-13-15-9-11-23(3)12-10-16(15)24-19(21-13)17(18(20-2)22-24)25-14-7-5-4-6-8-14/h4-8H,9-12H2,1-3H3,(H,20,22). The van der Waals surface area contributed by atoms with Crippen molar-refractivity contribution in [1.82, 2.24) is 19.5 Å². The lowest BCUT2D eigenvalue weighted by Gasteiger charge is -2.11. The Kier molecular flexibility index (Phi) is 4.39. The number of aryl methyl sites for hydroxylation is 1. The molecule has 1 aliphatic rings. The summed E-state index contributed by atoms with van der Waals surface area (Å²) < 4.78 is 2.07. The summed E-state index contributed by atoms with van der Waals surface area (Å²) in [6.45, 7) is 4.27. The van der Waals surface area contributed by atoms with Gasteiger partial charge in [0.2, 0.25) is 0 Å². The number of anilines is 1. The largest absolute Gasteiger partial charge is 0.371 e. The Labute approximate surface area is 152 Å². The third-order valence-electron chi connectivity index (χ3n) is 4.81. The Morgan fingerprint density at radius 3 is 2.64 bits per heavy atom. The van der Waals surface area contributed by atoms with Gasteiger partial charge in [0, 0.05) is 37.1 Å². The van der Waals surface area contributed by atoms with Crippen LogP contribution in [0.25, 0.3) is 5.65 Å². The van der Waals surface area contributed by atoms with Gasteiger partial charge in [0.1, 0.15) is 4.90 Å². The Morgan fingerprint density at radius 2 is 1.88 bits per heavy atom. The van der Waals surface area contributed by atoms with Crippen LogP contribution in [0.4, 0.5) is 5.82 Å². The number of benzene rings is 1. The van der Waals surface area contributed by atoms with Gasteiger partial charge in [0.25, 0.3) is 0 Å². The zero-order valence-electron chi connectivity index (χ0n) is 14.9. The van der Waals surface area contributed by atoms with Crippen molar-refractivity contribution in [3.8, 4) is 0 Å². The SMILES string of the molecule is CNc1nn2c3c(c(C)nc2c1Sc1ccccc1)CCN(C)CC3. The molecular weight excluding hydrogens is 330 g/mol. The first-order valence-electron chi connectivity index (χ1n) is 8.67. The average Bonchev–Trinajstić information content (AvgIpc) is 2.83. The molecule has 3 heterocycles. The van der Waals surface area contributed by atoms with Crippen LogP contribution in [-0.4, -0.2) is 46.7 Å². The Morgan fingerprint density at radius 1 is 1.12 bits per heavy atom. The number of aromatic nitrogens is 3. The van der Waals surface area contributed by atoms with E-state index in [0.717, 1.165) is 48.0 Å². The predicted molar refractivity (Wildman–Crippen MR) is 103 cm³/mol. The van der Waals surface area contributed by atoms with Crippen molar-refractivity contribution in [3.63, 3.8) is 0 Å². The molecular formula is C19H23N5S. The second-order valence-electron chi connectivity index (χ2n) is 6.50. The van der Waals surface area contributed by atoms with Crippen molar-refractivity contribution in [1.29, 1.82) is 0 Å². The summed E-state index contributed by atoms with van der Waals surface area (Å²) in [4.78, 5) is 9.62. The lowest BCUT2D eigenvalue weighted by molar-refractivity contribution is 0.351. The first-order chi connectivity index (χ1) is 12.2. The number of rotatable bonds is 3. The molecule has 2 aromatic heterocycles. The van der Waals surface area contributed by atoms with Crippen LogP contribution in [0.15, 0.2) is 40.1 Å². The van der Waals surface area contributed by atoms with Gasteiger partial charge in [-0.15, -0.1) is 5.10 Å². The average molecular weight is 353 g/mol. The summed E-state index contributed by atoms with van der Waals surface area (Å²) in [6, 6.07) is 10.4. The molecule has 0 fully saturated rings. The fourth-order valence-electron chi connectivity index (χ4n) is 3.40. The molecule has 130 valence electrons. The molecule has 3 aromatic rings. The minimum atomic E-state index is 0.895. The van der Waals surface area contributed by atoms with Gasteiger partial charge < -0.3 is 10.2 Å². The number of hydrogen-bond donors (Lipinski definition) is 1. The van der Waals surface area contributed by atoms with E-state index in [1.54, 1.807) is 11.8 Å². The fraction of sp³-hybridized carbons (Fsp3) is 0.368. The third kappa shape index (κ3) is 3.00. The van der Waals surface area contributed by atoms with E-state index in [2.05, 4.69) is 53.0 Å². The number of nitrogens with zero attached hydrogens (tertiary/aromatic N) is 4. The van der Waals surface area contributed by atoms with E-state index in [4.69, 9.17) is 10.1 Å². The van der Waals surface area contributed by atoms with Crippen molar-refractivity contribution in [2.24, 2.45) is 0 Å². The molecule has 0 unspecified atom stereocenters. The van der Waals surface area contributed by atoms with E-state index in [1.165, 1.54) is 16.2 Å². The van der Waals surface area contributed by atoms with E-state index < -0.39 is 0 Å². The molecule has 0 atom stereocenters. The van der Waals surface area contributed by atoms with E-state index in [1.807, 2.05) is 13.1 Å². The Hall–Kier alpha value is -2.05. The molecule has 6 heteroatoms. The Balaban J connectivity index is 1.88. The second kappa shape index (κ2) is 6.69. The normalized spacial score (nSPS) is 15.2. The molecule has 0 aliphatic carbocycles. The number of fused-ring (bicyclic) bond motifs is 3. The van der Waals surface area contributed by atoms with Crippen LogP contribution < -0.4 is 5.32 Å². The van der Waals surface area contributed by atoms with Crippen LogP contribution in [0.3, 0.4) is 0 Å². The first kappa shape index (κ1) is 16.4. The van der Waals surface area contributed by atoms with Crippen molar-refractivity contribution >= 4 is 23.2 Å². The van der Waals surface area contributed by atoms with Gasteiger partial charge in [-0.2, -0.15) is 0 Å². The quantitative estimate of drug-likeness (QED) is 0.783. The van der Waals surface area contributed by atoms with E-state index in [-0.39, 0.29) is 0 Å². The van der Waals surface area contributed by atoms with Crippen LogP contribution in [0, 0.1) is 6.92 Å². The maximum atomic E-state index is 4.94. The molecule has 0 saturated heterocycles. The van der Waals surface area contributed by atoms with E-state index >= 15 is 0 Å². The topological polar surface area (TPSA) is 45.5 Å². The number of hydrogen-bond acceptors (Lipinski definition) is 5. The summed E-state index contributed by atoms with van der Waals surface area (Å²) in [6.07, 6.45) is 2.04. The summed E-state index contributed by atoms with van der Waals surface area (Å²) in [5.74, 6) is 0.895. The maximum absolute atomic E-state index is 4.94. The Bertz CT molecular complexity index is 903. The van der Waals surface area contributed by atoms with Crippen LogP contribution >= 0.6 is 11.8 Å². The lowest BCUT2D eigenvalue weighted by atomic mass is 10.1. The van der Waals surface area contributed by atoms with E-state index in [0.29, 0.717) is 0 Å². The highest BCUT2D eigenvalue weighted by atomic mass is 32.2. The maximum Gasteiger partial charge on any atom is 0.171 e. The van der Waals surface area contributed by atoms with Gasteiger partial charge in [-0.1, -0.05) is 30.0 Å². The molecule has 0 saturated carbocycles. The third-order valence-corrected chi connectivity index (χ3v) is 5.89. The van der Waals surface area contributed by atoms with Crippen molar-refractivity contribution in [2.45, 2.75) is 29.6 Å². The summed E-state index contributed by atoms with van der Waals surface area (Å²) in [5, 5.41) is 8.10. The fourth-order valence-corrected chi connectivity index (χ4v) is 4.39. The van der Waals surface area contributed by atoms with Crippen molar-refractivity contribution in [3.05, 3.63) is 47.3 Å². The van der Waals surface area contributed by atoms with E-state index in [9.17, 15) is 0 Å². The molecule has 1 aromatic carbocycles. The minimum Gasteiger partial charge on any atom is -0.371 e. The summed E-state index contributed by atoms with van der Waals surface area (Å²) >= 11 is 1.72. The smallest absolute Gasteiger partial charge is 0.171 e. The van der Waals surface area contributed by atoms with Gasteiger partial charge in [-0.25, -0.2) is 9.50 Å². The van der Waals surface area contributed by atoms with Crippen molar-refractivity contribution in [2.75, 3.05) is 32.5 Å². The molecule has 0 bridgehead atoms. The zero-order valence-corrected chi connectivity index (χ0v) is 15.7. The predicted octanol–water partition coefficient (Wildman–Crippen LogP) is 3.26. The summed E-state index contributed by atoms with van der Waals surface area (Å²) in [5.41, 5.74) is 4.76. The lowest BCUT2D eigenvalue weighted by Crippen LogP contribution is -2.21. The molecule has 0 amide bonds. The van der Waals surface area contributed by atoms with Gasteiger partial charge in [-0.05, 0) is 38.1 Å². The molecule has 4 rings (SSSR count). The highest BCUT2D eigenvalue weighted by Crippen LogP contribution is 2.37. The van der Waals surface area contributed by atoms with Gasteiger partial charge in [-0.3, -0.25) is 0 Å². The first-order valence-corrected chi connectivity index (χ1v) is 9.49. The molecule has 0 radical (unpaired) electrons. The number of likely N-dealkylation sites (N-methyl/N-ethyl adjacent to an activating group) is 1. The number of nitrogens with one attached hydrogen (secondary N) is 1. The zero-order chi connectivity index (χ0) is 17.4. The molecule has 25 heavy (non-hydrogen) atoms. The van der Waals surface area contributed by atoms with Crippen LogP contribution in [0.2, 0.25) is 0 Å². The minimum absolute atomic E-state index is 0.895. The van der Waals surface area contributed by atoms with Crippen molar-refractivity contribution < 1.29 is 0 Å². The highest BCUT2D eigenvalue weighted by Gasteiger charge is 2.22. The molecule has 0 spiro atoms. The summed E-state index contributed by atoms with van der Waals surface area (Å²) in [7, 11) is 4.11. The molecule has 1 N–H and O–H groups in total. The van der Waals surface area contributed by atoms with Gasteiger partial charge in [0.05, 0.1) is 5.69 Å². The van der Waals surface area contributed by atoms with Crippen LogP contribution in [0.1, 0.15) is 17.0 Å². The van der Waals surface area contributed by atoms with Gasteiger partial charge in [0.15, 0.2) is 11.5 Å². The van der Waals surface area contributed by atoms with Crippen LogP contribution in [0.5, 0.6) is 0 Å². The highest BCUT2D eigenvalue weighted by molar-refractivity contribution is 7.99. The van der Waals surface area contributed by atoms with Crippen LogP contribution in [-0.2, 0) is 12.8 Å². The monoisotopic (exact) mass is 353 g/mol. The second-order valence-corrected chi connectivity index (χ2v) is 7.59. The molecule has 5 nitrogen and oxygen atoms in total. The van der Waals surface area contributed by atoms with Gasteiger partial charge >= 0.3 is 0 Å².